The van der Waals surface area contributed by atoms with E-state index in [4.69, 9.17) is 20.1 Å². The molecular weight excluding hydrogens is 478 g/mol. The number of nitrogens with zero attached hydrogens (tertiary/aromatic N) is 6. The second-order valence-electron chi connectivity index (χ2n) is 10.4. The summed E-state index contributed by atoms with van der Waals surface area (Å²) in [6.45, 7) is 4.43. The normalized spacial score (nSPS) is 16.8. The molecule has 0 spiro atoms. The molecule has 0 amide bonds. The Morgan fingerprint density at radius 2 is 1.61 bits per heavy atom. The van der Waals surface area contributed by atoms with Gasteiger partial charge in [0.05, 0.1) is 11.9 Å². The van der Waals surface area contributed by atoms with Crippen molar-refractivity contribution in [2.75, 3.05) is 43.4 Å². The Balaban J connectivity index is 1.24. The third kappa shape index (κ3) is 4.93. The van der Waals surface area contributed by atoms with Gasteiger partial charge in [-0.2, -0.15) is 9.97 Å². The van der Waals surface area contributed by atoms with E-state index in [9.17, 15) is 4.79 Å². The van der Waals surface area contributed by atoms with E-state index in [0.717, 1.165) is 65.8 Å². The summed E-state index contributed by atoms with van der Waals surface area (Å²) >= 11 is 0. The van der Waals surface area contributed by atoms with E-state index in [1.807, 2.05) is 18.5 Å². The number of carbonyl (C=O) groups is 1. The highest BCUT2D eigenvalue weighted by Gasteiger charge is 2.24. The Kier molecular flexibility index (Phi) is 6.68. The lowest BCUT2D eigenvalue weighted by atomic mass is 10.0. The summed E-state index contributed by atoms with van der Waals surface area (Å²) in [4.78, 5) is 30.5. The molecule has 3 heterocycles. The number of anilines is 2. The Hall–Kier alpha value is -3.98. The maximum absolute atomic E-state index is 11.1. The van der Waals surface area contributed by atoms with Crippen LogP contribution in [0.2, 0.25) is 0 Å². The minimum atomic E-state index is -0.916. The van der Waals surface area contributed by atoms with Crippen molar-refractivity contribution in [1.29, 1.82) is 0 Å². The molecule has 38 heavy (non-hydrogen) atoms. The third-order valence-electron chi connectivity index (χ3n) is 7.79. The standard InChI is InChI=1S/C29H33N7O2/c1-34-14-16-35(17-15-34)29-32-26(25-27(33-29)36(19-31-25)24-4-2-3-5-24)30-18-20-6-8-21(9-7-20)22-10-12-23(13-11-22)28(37)38/h6-13,19,24H,2-5,14-18H2,1H3,(H,37,38)(H,30,32,33). The molecule has 0 radical (unpaired) electrons. The fraction of sp³-hybridized carbons (Fsp3) is 0.379. The largest absolute Gasteiger partial charge is 0.478 e. The molecule has 2 N–H and O–H groups in total. The molecule has 1 saturated heterocycles. The highest BCUT2D eigenvalue weighted by atomic mass is 16.4. The SMILES string of the molecule is CN1CCN(c2nc(NCc3ccc(-c4ccc(C(=O)O)cc4)cc3)c3ncn(C4CCCC4)c3n2)CC1. The van der Waals surface area contributed by atoms with E-state index in [1.165, 1.54) is 25.7 Å². The fourth-order valence-electron chi connectivity index (χ4n) is 5.43. The van der Waals surface area contributed by atoms with Gasteiger partial charge in [0, 0.05) is 38.8 Å². The van der Waals surface area contributed by atoms with Crippen LogP contribution in [0, 0.1) is 0 Å². The van der Waals surface area contributed by atoms with E-state index in [1.54, 1.807) is 12.1 Å². The molecule has 2 aromatic heterocycles. The molecule has 0 atom stereocenters. The van der Waals surface area contributed by atoms with Crippen molar-refractivity contribution in [2.24, 2.45) is 0 Å². The van der Waals surface area contributed by atoms with E-state index in [2.05, 4.69) is 51.0 Å². The average Bonchev–Trinajstić information content (AvgIpc) is 3.63. The van der Waals surface area contributed by atoms with Crippen LogP contribution >= 0.6 is 0 Å². The molecule has 0 unspecified atom stereocenters. The van der Waals surface area contributed by atoms with Gasteiger partial charge in [-0.05, 0) is 48.7 Å². The molecule has 6 rings (SSSR count). The number of hydrogen-bond donors (Lipinski definition) is 2. The first kappa shape index (κ1) is 24.4. The fourth-order valence-corrected chi connectivity index (χ4v) is 5.43. The summed E-state index contributed by atoms with van der Waals surface area (Å²) in [5.74, 6) is 0.627. The highest BCUT2D eigenvalue weighted by molar-refractivity contribution is 5.88. The molecule has 4 aromatic rings. The van der Waals surface area contributed by atoms with Crippen molar-refractivity contribution in [1.82, 2.24) is 24.4 Å². The van der Waals surface area contributed by atoms with Gasteiger partial charge in [-0.15, -0.1) is 0 Å². The lowest BCUT2D eigenvalue weighted by Gasteiger charge is -2.32. The van der Waals surface area contributed by atoms with E-state index >= 15 is 0 Å². The van der Waals surface area contributed by atoms with Gasteiger partial charge in [0.25, 0.3) is 0 Å². The molecule has 0 bridgehead atoms. The minimum absolute atomic E-state index is 0.289. The van der Waals surface area contributed by atoms with Crippen molar-refractivity contribution in [3.05, 3.63) is 66.0 Å². The van der Waals surface area contributed by atoms with Gasteiger partial charge in [-0.3, -0.25) is 0 Å². The number of hydrogen-bond acceptors (Lipinski definition) is 7. The summed E-state index contributed by atoms with van der Waals surface area (Å²) in [5, 5.41) is 12.7. The lowest BCUT2D eigenvalue weighted by Crippen LogP contribution is -2.45. The molecule has 1 saturated carbocycles. The van der Waals surface area contributed by atoms with Crippen molar-refractivity contribution in [2.45, 2.75) is 38.3 Å². The Bertz CT molecular complexity index is 1420. The molecule has 2 fully saturated rings. The molecule has 1 aliphatic heterocycles. The number of rotatable bonds is 7. The van der Waals surface area contributed by atoms with Crippen LogP contribution < -0.4 is 10.2 Å². The van der Waals surface area contributed by atoms with Gasteiger partial charge >= 0.3 is 5.97 Å². The second-order valence-corrected chi connectivity index (χ2v) is 10.4. The lowest BCUT2D eigenvalue weighted by molar-refractivity contribution is 0.0697. The second kappa shape index (κ2) is 10.4. The van der Waals surface area contributed by atoms with Gasteiger partial charge in [0.2, 0.25) is 5.95 Å². The van der Waals surface area contributed by atoms with Crippen LogP contribution in [0.15, 0.2) is 54.9 Å². The Morgan fingerprint density at radius 1 is 0.947 bits per heavy atom. The summed E-state index contributed by atoms with van der Waals surface area (Å²) in [7, 11) is 2.15. The third-order valence-corrected chi connectivity index (χ3v) is 7.79. The van der Waals surface area contributed by atoms with E-state index in [0.29, 0.717) is 12.6 Å². The van der Waals surface area contributed by atoms with Crippen molar-refractivity contribution >= 4 is 28.9 Å². The van der Waals surface area contributed by atoms with Crippen molar-refractivity contribution in [3.63, 3.8) is 0 Å². The van der Waals surface area contributed by atoms with Gasteiger partial charge in [0.15, 0.2) is 17.0 Å². The molecular formula is C29H33N7O2. The molecule has 2 aliphatic rings. The minimum Gasteiger partial charge on any atom is -0.478 e. The number of benzene rings is 2. The van der Waals surface area contributed by atoms with Gasteiger partial charge in [-0.25, -0.2) is 9.78 Å². The number of imidazole rings is 1. The number of carboxylic acids is 1. The van der Waals surface area contributed by atoms with E-state index in [-0.39, 0.29) is 5.56 Å². The first-order valence-electron chi connectivity index (χ1n) is 13.4. The first-order chi connectivity index (χ1) is 18.5. The quantitative estimate of drug-likeness (QED) is 0.369. The summed E-state index contributed by atoms with van der Waals surface area (Å²) in [6.07, 6.45) is 6.80. The smallest absolute Gasteiger partial charge is 0.335 e. The number of piperazine rings is 1. The first-order valence-corrected chi connectivity index (χ1v) is 13.4. The number of aromatic carboxylic acids is 1. The molecule has 1 aliphatic carbocycles. The summed E-state index contributed by atoms with van der Waals surface area (Å²) < 4.78 is 2.26. The van der Waals surface area contributed by atoms with Crippen molar-refractivity contribution < 1.29 is 9.90 Å². The monoisotopic (exact) mass is 511 g/mol. The Morgan fingerprint density at radius 3 is 2.26 bits per heavy atom. The number of aromatic nitrogens is 4. The van der Waals surface area contributed by atoms with Gasteiger partial charge in [-0.1, -0.05) is 49.2 Å². The van der Waals surface area contributed by atoms with Gasteiger partial charge in [0.1, 0.15) is 0 Å². The van der Waals surface area contributed by atoms with Crippen LogP contribution in [0.1, 0.15) is 47.6 Å². The van der Waals surface area contributed by atoms with Crippen LogP contribution in [-0.2, 0) is 6.54 Å². The zero-order chi connectivity index (χ0) is 26.1. The zero-order valence-electron chi connectivity index (χ0n) is 21.7. The van der Waals surface area contributed by atoms with Crippen LogP contribution in [0.25, 0.3) is 22.3 Å². The van der Waals surface area contributed by atoms with E-state index < -0.39 is 5.97 Å². The molecule has 2 aromatic carbocycles. The van der Waals surface area contributed by atoms with Gasteiger partial charge < -0.3 is 24.8 Å². The zero-order valence-corrected chi connectivity index (χ0v) is 21.7. The van der Waals surface area contributed by atoms with Crippen LogP contribution in [0.5, 0.6) is 0 Å². The average molecular weight is 512 g/mol. The van der Waals surface area contributed by atoms with Crippen molar-refractivity contribution in [3.8, 4) is 11.1 Å². The number of nitrogens with one attached hydrogen (secondary N) is 1. The summed E-state index contributed by atoms with van der Waals surface area (Å²) in [6, 6.07) is 15.7. The number of carboxylic acid groups (broad SMARTS) is 1. The number of likely N-dealkylation sites (N-methyl/N-ethyl adjacent to an activating group) is 1. The predicted molar refractivity (Wildman–Crippen MR) is 149 cm³/mol. The highest BCUT2D eigenvalue weighted by Crippen LogP contribution is 2.33. The Labute approximate surface area is 222 Å². The predicted octanol–water partition coefficient (Wildman–Crippen LogP) is 4.67. The maximum atomic E-state index is 11.1. The van der Waals surface area contributed by atoms with Crippen LogP contribution in [0.4, 0.5) is 11.8 Å². The topological polar surface area (TPSA) is 99.4 Å². The molecule has 9 nitrogen and oxygen atoms in total. The van der Waals surface area contributed by atoms with Crippen LogP contribution in [0.3, 0.4) is 0 Å². The van der Waals surface area contributed by atoms with Crippen LogP contribution in [-0.4, -0.2) is 68.7 Å². The maximum Gasteiger partial charge on any atom is 0.335 e. The summed E-state index contributed by atoms with van der Waals surface area (Å²) in [5.41, 5.74) is 5.19. The molecule has 9 heteroatoms. The number of fused-ring (bicyclic) bond motifs is 1. The molecule has 196 valence electrons.